The van der Waals surface area contributed by atoms with Crippen molar-refractivity contribution in [2.45, 2.75) is 63.6 Å². The second-order valence-corrected chi connectivity index (χ2v) is 7.09. The second-order valence-electron chi connectivity index (χ2n) is 6.31. The molecule has 0 radical (unpaired) electrons. The molecule has 19 heavy (non-hydrogen) atoms. The molecule has 1 N–H and O–H groups in total. The van der Waals surface area contributed by atoms with Crippen LogP contribution in [0.1, 0.15) is 51.0 Å². The smallest absolute Gasteiger partial charge is 0.0338 e. The van der Waals surface area contributed by atoms with E-state index in [0.717, 1.165) is 6.54 Å². The van der Waals surface area contributed by atoms with Gasteiger partial charge in [-0.15, -0.1) is 0 Å². The molecule has 1 saturated carbocycles. The van der Waals surface area contributed by atoms with Crippen molar-refractivity contribution in [3.63, 3.8) is 0 Å². The van der Waals surface area contributed by atoms with Gasteiger partial charge in [0.15, 0.2) is 0 Å². The maximum Gasteiger partial charge on any atom is 0.0338 e. The first-order chi connectivity index (χ1) is 9.32. The maximum absolute atomic E-state index is 3.82. The van der Waals surface area contributed by atoms with E-state index in [2.05, 4.69) is 34.0 Å². The third-order valence-electron chi connectivity index (χ3n) is 4.96. The predicted molar refractivity (Wildman–Crippen MR) is 82.6 cm³/mol. The topological polar surface area (TPSA) is 15.3 Å². The van der Waals surface area contributed by atoms with Crippen molar-refractivity contribution in [3.8, 4) is 0 Å². The summed E-state index contributed by atoms with van der Waals surface area (Å²) < 4.78 is 0. The first-order valence-electron chi connectivity index (χ1n) is 7.82. The van der Waals surface area contributed by atoms with E-state index in [0.29, 0.717) is 11.6 Å². The highest BCUT2D eigenvalue weighted by atomic mass is 32.1. The number of piperazine rings is 1. The first-order valence-corrected chi connectivity index (χ1v) is 8.76. The zero-order valence-electron chi connectivity index (χ0n) is 12.0. The molecule has 1 aliphatic carbocycles. The van der Waals surface area contributed by atoms with Crippen molar-refractivity contribution in [2.75, 3.05) is 13.1 Å². The molecular weight excluding hydrogens is 252 g/mol. The van der Waals surface area contributed by atoms with Crippen LogP contribution in [0.4, 0.5) is 0 Å². The average Bonchev–Trinajstić information content (AvgIpc) is 3.06. The quantitative estimate of drug-likeness (QED) is 0.904. The highest BCUT2D eigenvalue weighted by Gasteiger charge is 2.43. The van der Waals surface area contributed by atoms with Gasteiger partial charge in [0.05, 0.1) is 0 Å². The molecule has 1 atom stereocenters. The fourth-order valence-corrected chi connectivity index (χ4v) is 4.53. The number of nitrogens with one attached hydrogen (secondary N) is 1. The minimum atomic E-state index is 0.464. The van der Waals surface area contributed by atoms with E-state index in [1.165, 1.54) is 57.2 Å². The van der Waals surface area contributed by atoms with Crippen LogP contribution in [0, 0.1) is 0 Å². The molecule has 3 rings (SSSR count). The normalized spacial score (nSPS) is 27.1. The minimum absolute atomic E-state index is 0.464. The number of rotatable bonds is 4. The van der Waals surface area contributed by atoms with Crippen LogP contribution in [0.3, 0.4) is 0 Å². The van der Waals surface area contributed by atoms with Crippen molar-refractivity contribution in [2.24, 2.45) is 0 Å². The average molecular weight is 278 g/mol. The third kappa shape index (κ3) is 2.88. The molecular formula is C16H26N2S. The summed E-state index contributed by atoms with van der Waals surface area (Å²) in [5.74, 6) is 0. The van der Waals surface area contributed by atoms with E-state index >= 15 is 0 Å². The molecule has 0 amide bonds. The lowest BCUT2D eigenvalue weighted by Crippen LogP contribution is -2.63. The van der Waals surface area contributed by atoms with E-state index in [1.54, 1.807) is 0 Å². The van der Waals surface area contributed by atoms with E-state index in [-0.39, 0.29) is 0 Å². The fraction of sp³-hybridized carbons (Fsp3) is 0.750. The number of hydrogen-bond donors (Lipinski definition) is 1. The Morgan fingerprint density at radius 1 is 1.42 bits per heavy atom. The molecule has 2 fully saturated rings. The highest BCUT2D eigenvalue weighted by Crippen LogP contribution is 2.38. The summed E-state index contributed by atoms with van der Waals surface area (Å²) in [6, 6.07) is 3.00. The maximum atomic E-state index is 3.82. The van der Waals surface area contributed by atoms with Gasteiger partial charge in [-0.25, -0.2) is 0 Å². The SMILES string of the molecule is CCCC1CN(Cc2ccsc2)C2(CCCC2)CN1. The molecule has 1 aliphatic heterocycles. The molecule has 0 bridgehead atoms. The summed E-state index contributed by atoms with van der Waals surface area (Å²) in [5, 5.41) is 8.35. The molecule has 2 nitrogen and oxygen atoms in total. The minimum Gasteiger partial charge on any atom is -0.311 e. The zero-order valence-corrected chi connectivity index (χ0v) is 12.8. The lowest BCUT2D eigenvalue weighted by molar-refractivity contribution is 0.0339. The van der Waals surface area contributed by atoms with E-state index in [4.69, 9.17) is 0 Å². The van der Waals surface area contributed by atoms with Crippen LogP contribution in [-0.4, -0.2) is 29.6 Å². The lowest BCUT2D eigenvalue weighted by Gasteiger charge is -2.48. The molecule has 2 aliphatic rings. The van der Waals surface area contributed by atoms with Gasteiger partial charge >= 0.3 is 0 Å². The van der Waals surface area contributed by atoms with Crippen molar-refractivity contribution in [1.82, 2.24) is 10.2 Å². The van der Waals surface area contributed by atoms with Gasteiger partial charge in [-0.05, 0) is 41.7 Å². The van der Waals surface area contributed by atoms with Crippen molar-refractivity contribution >= 4 is 11.3 Å². The number of hydrogen-bond acceptors (Lipinski definition) is 3. The summed E-state index contributed by atoms with van der Waals surface area (Å²) in [6.45, 7) is 5.90. The third-order valence-corrected chi connectivity index (χ3v) is 5.69. The van der Waals surface area contributed by atoms with Crippen LogP contribution in [0.5, 0.6) is 0 Å². The Hall–Kier alpha value is -0.380. The summed E-state index contributed by atoms with van der Waals surface area (Å²) in [5.41, 5.74) is 1.97. The fourth-order valence-electron chi connectivity index (χ4n) is 3.87. The molecule has 1 aromatic heterocycles. The molecule has 1 aromatic rings. The number of nitrogens with zero attached hydrogens (tertiary/aromatic N) is 1. The van der Waals surface area contributed by atoms with Crippen LogP contribution >= 0.6 is 11.3 Å². The van der Waals surface area contributed by atoms with Gasteiger partial charge in [-0.2, -0.15) is 11.3 Å². The number of thiophene rings is 1. The molecule has 1 saturated heterocycles. The van der Waals surface area contributed by atoms with Gasteiger partial charge in [0.25, 0.3) is 0 Å². The van der Waals surface area contributed by atoms with E-state index < -0.39 is 0 Å². The summed E-state index contributed by atoms with van der Waals surface area (Å²) >= 11 is 1.83. The highest BCUT2D eigenvalue weighted by molar-refractivity contribution is 7.07. The van der Waals surface area contributed by atoms with Gasteiger partial charge in [-0.1, -0.05) is 26.2 Å². The van der Waals surface area contributed by atoms with Gasteiger partial charge in [0, 0.05) is 31.2 Å². The standard InChI is InChI=1S/C16H26N2S/c1-2-5-15-11-18(10-14-6-9-19-12-14)16(13-17-15)7-3-4-8-16/h6,9,12,15,17H,2-5,7-8,10-11,13H2,1H3. The monoisotopic (exact) mass is 278 g/mol. The van der Waals surface area contributed by atoms with Crippen molar-refractivity contribution in [3.05, 3.63) is 22.4 Å². The Morgan fingerprint density at radius 3 is 2.95 bits per heavy atom. The summed E-state index contributed by atoms with van der Waals surface area (Å²) in [7, 11) is 0. The molecule has 3 heteroatoms. The predicted octanol–water partition coefficient (Wildman–Crippen LogP) is 3.63. The Morgan fingerprint density at radius 2 is 2.26 bits per heavy atom. The Labute approximate surface area is 121 Å². The van der Waals surface area contributed by atoms with E-state index in [9.17, 15) is 0 Å². The van der Waals surface area contributed by atoms with Crippen molar-refractivity contribution in [1.29, 1.82) is 0 Å². The largest absolute Gasteiger partial charge is 0.311 e. The van der Waals surface area contributed by atoms with Crippen LogP contribution in [0.2, 0.25) is 0 Å². The molecule has 106 valence electrons. The summed E-state index contributed by atoms with van der Waals surface area (Å²) in [4.78, 5) is 2.80. The molecule has 0 aromatic carbocycles. The summed E-state index contributed by atoms with van der Waals surface area (Å²) in [6.07, 6.45) is 8.22. The molecule has 2 heterocycles. The van der Waals surface area contributed by atoms with Gasteiger partial charge < -0.3 is 5.32 Å². The van der Waals surface area contributed by atoms with Gasteiger partial charge in [0.1, 0.15) is 0 Å². The van der Waals surface area contributed by atoms with Gasteiger partial charge in [-0.3, -0.25) is 4.90 Å². The van der Waals surface area contributed by atoms with Crippen LogP contribution in [0.15, 0.2) is 16.8 Å². The van der Waals surface area contributed by atoms with E-state index in [1.807, 2.05) is 11.3 Å². The van der Waals surface area contributed by atoms with Crippen LogP contribution in [0.25, 0.3) is 0 Å². The zero-order chi connectivity index (χ0) is 13.1. The lowest BCUT2D eigenvalue weighted by atomic mass is 9.89. The van der Waals surface area contributed by atoms with Crippen LogP contribution in [-0.2, 0) is 6.54 Å². The van der Waals surface area contributed by atoms with Gasteiger partial charge in [0.2, 0.25) is 0 Å². The first kappa shape index (κ1) is 13.6. The molecule has 1 spiro atoms. The van der Waals surface area contributed by atoms with Crippen molar-refractivity contribution < 1.29 is 0 Å². The second kappa shape index (κ2) is 5.94. The molecule has 1 unspecified atom stereocenters. The Kier molecular flexibility index (Phi) is 4.25. The Bertz CT molecular complexity index is 381. The Balaban J connectivity index is 1.73. The van der Waals surface area contributed by atoms with Crippen LogP contribution < -0.4 is 5.32 Å².